The van der Waals surface area contributed by atoms with Crippen LogP contribution in [-0.2, 0) is 9.53 Å². The van der Waals surface area contributed by atoms with E-state index in [0.29, 0.717) is 5.39 Å². The Morgan fingerprint density at radius 3 is 2.69 bits per heavy atom. The predicted molar refractivity (Wildman–Crippen MR) is 95.9 cm³/mol. The molecule has 0 saturated heterocycles. The normalized spacial score (nSPS) is 10.5. The van der Waals surface area contributed by atoms with Crippen LogP contribution in [0.5, 0.6) is 5.75 Å². The summed E-state index contributed by atoms with van der Waals surface area (Å²) >= 11 is 5.74. The van der Waals surface area contributed by atoms with Gasteiger partial charge in [0, 0.05) is 10.4 Å². The van der Waals surface area contributed by atoms with Gasteiger partial charge in [0.25, 0.3) is 5.91 Å². The summed E-state index contributed by atoms with van der Waals surface area (Å²) in [5, 5.41) is 14.0. The molecule has 0 aliphatic heterocycles. The standard InChI is InChI=1S/C19H13ClFNO4/c20-12-6-8-15(21)16(9-12)22-17(23)10-26-19(25)14-7-5-11-3-1-2-4-13(11)18(14)24/h1-9,24H,10H2,(H,22,23). The molecule has 2 N–H and O–H groups in total. The molecule has 0 saturated carbocycles. The molecule has 0 aliphatic carbocycles. The fourth-order valence-corrected chi connectivity index (χ4v) is 2.58. The molecule has 0 unspecified atom stereocenters. The van der Waals surface area contributed by atoms with Crippen molar-refractivity contribution in [3.63, 3.8) is 0 Å². The first kappa shape index (κ1) is 17.7. The molecule has 132 valence electrons. The van der Waals surface area contributed by atoms with Crippen molar-refractivity contribution < 1.29 is 23.8 Å². The highest BCUT2D eigenvalue weighted by Crippen LogP contribution is 2.29. The zero-order chi connectivity index (χ0) is 18.7. The van der Waals surface area contributed by atoms with Crippen LogP contribution in [0, 0.1) is 5.82 Å². The number of carbonyl (C=O) groups is 2. The Morgan fingerprint density at radius 2 is 1.88 bits per heavy atom. The third-order valence-corrected chi connectivity index (χ3v) is 3.89. The third kappa shape index (κ3) is 3.75. The van der Waals surface area contributed by atoms with Gasteiger partial charge in [-0.1, -0.05) is 41.9 Å². The summed E-state index contributed by atoms with van der Waals surface area (Å²) < 4.78 is 18.5. The minimum absolute atomic E-state index is 0.0644. The predicted octanol–water partition coefficient (Wildman–Crippen LogP) is 4.13. The van der Waals surface area contributed by atoms with Crippen molar-refractivity contribution in [3.05, 3.63) is 71.0 Å². The minimum atomic E-state index is -0.866. The average molecular weight is 374 g/mol. The number of nitrogens with one attached hydrogen (secondary N) is 1. The fraction of sp³-hybridized carbons (Fsp3) is 0.0526. The second-order valence-corrected chi connectivity index (χ2v) is 5.87. The molecule has 0 fully saturated rings. The van der Waals surface area contributed by atoms with Crippen LogP contribution in [0.2, 0.25) is 5.02 Å². The van der Waals surface area contributed by atoms with E-state index in [0.717, 1.165) is 11.5 Å². The van der Waals surface area contributed by atoms with Crippen LogP contribution in [0.25, 0.3) is 10.8 Å². The molecule has 0 bridgehead atoms. The first-order valence-corrected chi connectivity index (χ1v) is 7.96. The van der Waals surface area contributed by atoms with Gasteiger partial charge in [-0.25, -0.2) is 9.18 Å². The monoisotopic (exact) mass is 373 g/mol. The van der Waals surface area contributed by atoms with Gasteiger partial charge in [0.15, 0.2) is 6.61 Å². The number of hydrogen-bond donors (Lipinski definition) is 2. The topological polar surface area (TPSA) is 75.6 Å². The molecule has 3 rings (SSSR count). The number of phenols is 1. The van der Waals surface area contributed by atoms with Gasteiger partial charge in [-0.2, -0.15) is 0 Å². The first-order chi connectivity index (χ1) is 12.5. The molecule has 3 aromatic rings. The number of benzene rings is 3. The van der Waals surface area contributed by atoms with Crippen LogP contribution in [-0.4, -0.2) is 23.6 Å². The van der Waals surface area contributed by atoms with Gasteiger partial charge in [-0.3, -0.25) is 4.79 Å². The summed E-state index contributed by atoms with van der Waals surface area (Å²) in [6, 6.07) is 13.7. The lowest BCUT2D eigenvalue weighted by atomic mass is 10.1. The van der Waals surface area contributed by atoms with Gasteiger partial charge >= 0.3 is 5.97 Å². The molecule has 0 atom stereocenters. The zero-order valence-corrected chi connectivity index (χ0v) is 14.1. The molecule has 0 heterocycles. The van der Waals surface area contributed by atoms with Gasteiger partial charge in [-0.05, 0) is 29.7 Å². The van der Waals surface area contributed by atoms with Crippen molar-refractivity contribution in [1.82, 2.24) is 0 Å². The number of rotatable bonds is 4. The van der Waals surface area contributed by atoms with Crippen molar-refractivity contribution in [2.45, 2.75) is 0 Å². The Bertz CT molecular complexity index is 1010. The fourth-order valence-electron chi connectivity index (χ4n) is 2.41. The number of halogens is 2. The van der Waals surface area contributed by atoms with Gasteiger partial charge in [0.05, 0.1) is 5.69 Å². The molecular formula is C19H13ClFNO4. The van der Waals surface area contributed by atoms with Crippen molar-refractivity contribution in [3.8, 4) is 5.75 Å². The van der Waals surface area contributed by atoms with E-state index in [1.165, 1.54) is 18.2 Å². The van der Waals surface area contributed by atoms with E-state index < -0.39 is 24.3 Å². The average Bonchev–Trinajstić information content (AvgIpc) is 2.63. The number of carbonyl (C=O) groups excluding carboxylic acids is 2. The summed E-state index contributed by atoms with van der Waals surface area (Å²) in [7, 11) is 0. The third-order valence-electron chi connectivity index (χ3n) is 3.66. The number of fused-ring (bicyclic) bond motifs is 1. The Balaban J connectivity index is 1.68. The maximum absolute atomic E-state index is 13.6. The van der Waals surface area contributed by atoms with Crippen LogP contribution < -0.4 is 5.32 Å². The lowest BCUT2D eigenvalue weighted by molar-refractivity contribution is -0.119. The van der Waals surface area contributed by atoms with Crippen LogP contribution in [0.15, 0.2) is 54.6 Å². The highest BCUT2D eigenvalue weighted by atomic mass is 35.5. The summed E-state index contributed by atoms with van der Waals surface area (Å²) in [6.45, 7) is -0.642. The molecule has 3 aromatic carbocycles. The molecule has 0 spiro atoms. The smallest absolute Gasteiger partial charge is 0.342 e. The van der Waals surface area contributed by atoms with Crippen molar-refractivity contribution in [1.29, 1.82) is 0 Å². The molecule has 0 aliphatic rings. The molecule has 0 radical (unpaired) electrons. The van der Waals surface area contributed by atoms with E-state index in [1.54, 1.807) is 30.3 Å². The number of amides is 1. The highest BCUT2D eigenvalue weighted by Gasteiger charge is 2.17. The molecular weight excluding hydrogens is 361 g/mol. The van der Waals surface area contributed by atoms with Gasteiger partial charge in [-0.15, -0.1) is 0 Å². The Labute approximate surface area is 153 Å². The van der Waals surface area contributed by atoms with Crippen molar-refractivity contribution in [2.75, 3.05) is 11.9 Å². The molecule has 26 heavy (non-hydrogen) atoms. The Morgan fingerprint density at radius 1 is 1.12 bits per heavy atom. The van der Waals surface area contributed by atoms with Gasteiger partial charge < -0.3 is 15.2 Å². The van der Waals surface area contributed by atoms with E-state index in [9.17, 15) is 19.1 Å². The maximum atomic E-state index is 13.6. The van der Waals surface area contributed by atoms with Gasteiger partial charge in [0.2, 0.25) is 0 Å². The van der Waals surface area contributed by atoms with Gasteiger partial charge in [0.1, 0.15) is 17.1 Å². The van der Waals surface area contributed by atoms with E-state index in [4.69, 9.17) is 16.3 Å². The van der Waals surface area contributed by atoms with Crippen LogP contribution in [0.1, 0.15) is 10.4 Å². The van der Waals surface area contributed by atoms with Crippen LogP contribution >= 0.6 is 11.6 Å². The Kier molecular flexibility index (Phi) is 5.04. The number of ether oxygens (including phenoxy) is 1. The summed E-state index contributed by atoms with van der Waals surface area (Å²) in [5.41, 5.74) is -0.183. The second kappa shape index (κ2) is 7.41. The van der Waals surface area contributed by atoms with E-state index in [-0.39, 0.29) is 22.0 Å². The van der Waals surface area contributed by atoms with Crippen molar-refractivity contribution in [2.24, 2.45) is 0 Å². The number of aromatic hydroxyl groups is 1. The first-order valence-electron chi connectivity index (χ1n) is 7.58. The van der Waals surface area contributed by atoms with Crippen LogP contribution in [0.3, 0.4) is 0 Å². The highest BCUT2D eigenvalue weighted by molar-refractivity contribution is 6.30. The number of anilines is 1. The molecule has 0 aromatic heterocycles. The summed E-state index contributed by atoms with van der Waals surface area (Å²) in [4.78, 5) is 24.0. The molecule has 1 amide bonds. The molecule has 5 nitrogen and oxygen atoms in total. The van der Waals surface area contributed by atoms with E-state index >= 15 is 0 Å². The quantitative estimate of drug-likeness (QED) is 0.674. The van der Waals surface area contributed by atoms with E-state index in [1.807, 2.05) is 0 Å². The van der Waals surface area contributed by atoms with Crippen LogP contribution in [0.4, 0.5) is 10.1 Å². The largest absolute Gasteiger partial charge is 0.506 e. The van der Waals surface area contributed by atoms with Crippen molar-refractivity contribution >= 4 is 39.9 Å². The molecule has 7 heteroatoms. The minimum Gasteiger partial charge on any atom is -0.506 e. The lowest BCUT2D eigenvalue weighted by Crippen LogP contribution is -2.21. The number of hydrogen-bond acceptors (Lipinski definition) is 4. The van der Waals surface area contributed by atoms with E-state index in [2.05, 4.69) is 5.32 Å². The number of phenolic OH excluding ortho intramolecular Hbond substituents is 1. The lowest BCUT2D eigenvalue weighted by Gasteiger charge is -2.09. The maximum Gasteiger partial charge on any atom is 0.342 e. The Hall–Kier alpha value is -3.12. The summed E-state index contributed by atoms with van der Waals surface area (Å²) in [5.74, 6) is -2.49. The SMILES string of the molecule is O=C(COC(=O)c1ccc2ccccc2c1O)Nc1cc(Cl)ccc1F. The number of esters is 1. The summed E-state index contributed by atoms with van der Waals surface area (Å²) in [6.07, 6.45) is 0. The second-order valence-electron chi connectivity index (χ2n) is 5.43. The zero-order valence-electron chi connectivity index (χ0n) is 13.3.